The van der Waals surface area contributed by atoms with Crippen molar-refractivity contribution in [2.24, 2.45) is 11.8 Å². The highest BCUT2D eigenvalue weighted by Gasteiger charge is 2.27. The van der Waals surface area contributed by atoms with Crippen LogP contribution in [0.4, 0.5) is 8.78 Å². The smallest absolute Gasteiger partial charge is 0.333 e. The van der Waals surface area contributed by atoms with E-state index in [4.69, 9.17) is 4.74 Å². The number of allylic oxidation sites excluding steroid dienone is 1. The van der Waals surface area contributed by atoms with E-state index in [-0.39, 0.29) is 30.3 Å². The number of ether oxygens (including phenoxy) is 1. The lowest BCUT2D eigenvalue weighted by atomic mass is 9.79. The second kappa shape index (κ2) is 12.7. The molecule has 0 aromatic heterocycles. The Balaban J connectivity index is 1.97. The van der Waals surface area contributed by atoms with Gasteiger partial charge in [-0.15, -0.1) is 0 Å². The molecule has 1 unspecified atom stereocenters. The predicted octanol–water partition coefficient (Wildman–Crippen LogP) is 6.88. The third-order valence-corrected chi connectivity index (χ3v) is 6.25. The summed E-state index contributed by atoms with van der Waals surface area (Å²) < 4.78 is 34.7. The van der Waals surface area contributed by atoms with E-state index in [0.717, 1.165) is 12.8 Å². The van der Waals surface area contributed by atoms with Crippen molar-refractivity contribution in [3.8, 4) is 0 Å². The molecule has 0 radical (unpaired) electrons. The largest absolute Gasteiger partial charge is 0.462 e. The first-order valence-corrected chi connectivity index (χ1v) is 11.5. The molecule has 1 aliphatic rings. The molecular formula is C26H36F2O3. The molecule has 1 atom stereocenters. The molecule has 172 valence electrons. The number of esters is 1. The Morgan fingerprint density at radius 1 is 1.16 bits per heavy atom. The third kappa shape index (κ3) is 7.57. The van der Waals surface area contributed by atoms with Crippen molar-refractivity contribution in [2.75, 3.05) is 13.2 Å². The molecule has 1 aliphatic carbocycles. The van der Waals surface area contributed by atoms with Gasteiger partial charge in [0, 0.05) is 23.0 Å². The maximum absolute atomic E-state index is 14.8. The number of aliphatic hydroxyl groups is 1. The zero-order valence-electron chi connectivity index (χ0n) is 18.8. The number of hydrogen-bond acceptors (Lipinski definition) is 3. The lowest BCUT2D eigenvalue weighted by Gasteiger charge is -2.27. The molecule has 1 aromatic rings. The highest BCUT2D eigenvalue weighted by molar-refractivity contribution is 5.86. The lowest BCUT2D eigenvalue weighted by molar-refractivity contribution is -0.139. The number of carbonyl (C=O) groups is 1. The standard InChI is InChI=1S/C26H36F2O3/c1-4-5-6-7-19-8-10-21(11-9-19)24(27)25(28)22-14-12-20(13-15-22)23(16-29)17-31-26(30)18(2)3/h12-15,19,21,23,29H,2,4-11,16-17H2,1,3H3/b25-24+. The van der Waals surface area contributed by atoms with E-state index >= 15 is 0 Å². The number of benzene rings is 1. The fourth-order valence-corrected chi connectivity index (χ4v) is 4.16. The van der Waals surface area contributed by atoms with Crippen LogP contribution < -0.4 is 0 Å². The van der Waals surface area contributed by atoms with Gasteiger partial charge in [-0.3, -0.25) is 0 Å². The van der Waals surface area contributed by atoms with Crippen LogP contribution in [0.2, 0.25) is 0 Å². The molecule has 0 spiro atoms. The number of rotatable bonds is 11. The highest BCUT2D eigenvalue weighted by atomic mass is 19.2. The van der Waals surface area contributed by atoms with Crippen LogP contribution in [0, 0.1) is 11.8 Å². The van der Waals surface area contributed by atoms with Crippen molar-refractivity contribution in [3.63, 3.8) is 0 Å². The van der Waals surface area contributed by atoms with Gasteiger partial charge >= 0.3 is 5.97 Å². The molecular weight excluding hydrogens is 398 g/mol. The molecule has 1 N–H and O–H groups in total. The maximum atomic E-state index is 14.8. The first-order valence-electron chi connectivity index (χ1n) is 11.5. The Labute approximate surface area is 185 Å². The molecule has 3 nitrogen and oxygen atoms in total. The quantitative estimate of drug-likeness (QED) is 0.235. The summed E-state index contributed by atoms with van der Waals surface area (Å²) in [7, 11) is 0. The molecule has 0 aliphatic heterocycles. The summed E-state index contributed by atoms with van der Waals surface area (Å²) in [4.78, 5) is 11.5. The summed E-state index contributed by atoms with van der Waals surface area (Å²) in [5.74, 6) is -2.09. The van der Waals surface area contributed by atoms with Crippen molar-refractivity contribution in [1.29, 1.82) is 0 Å². The van der Waals surface area contributed by atoms with Gasteiger partial charge in [-0.2, -0.15) is 0 Å². The number of hydrogen-bond donors (Lipinski definition) is 1. The van der Waals surface area contributed by atoms with Crippen molar-refractivity contribution >= 4 is 11.8 Å². The second-order valence-corrected chi connectivity index (χ2v) is 8.76. The van der Waals surface area contributed by atoms with Gasteiger partial charge in [-0.1, -0.05) is 63.5 Å². The number of aliphatic hydroxyl groups excluding tert-OH is 1. The van der Waals surface area contributed by atoms with Crippen molar-refractivity contribution in [3.05, 3.63) is 53.4 Å². The lowest BCUT2D eigenvalue weighted by Crippen LogP contribution is -2.16. The fourth-order valence-electron chi connectivity index (χ4n) is 4.16. The summed E-state index contributed by atoms with van der Waals surface area (Å²) in [6.45, 7) is 7.03. The Hall–Kier alpha value is -2.01. The van der Waals surface area contributed by atoms with E-state index in [9.17, 15) is 18.7 Å². The summed E-state index contributed by atoms with van der Waals surface area (Å²) in [6.07, 6.45) is 8.21. The van der Waals surface area contributed by atoms with E-state index in [1.54, 1.807) is 19.1 Å². The van der Waals surface area contributed by atoms with Gasteiger partial charge in [0.25, 0.3) is 0 Å². The van der Waals surface area contributed by atoms with Crippen LogP contribution in [0.25, 0.3) is 5.83 Å². The molecule has 2 rings (SSSR count). The molecule has 0 saturated heterocycles. The minimum atomic E-state index is -0.796. The highest BCUT2D eigenvalue weighted by Crippen LogP contribution is 2.39. The van der Waals surface area contributed by atoms with Crippen LogP contribution in [0.5, 0.6) is 0 Å². The first kappa shape index (κ1) is 25.3. The Kier molecular flexibility index (Phi) is 10.4. The van der Waals surface area contributed by atoms with E-state index in [1.165, 1.54) is 37.8 Å². The van der Waals surface area contributed by atoms with Crippen LogP contribution >= 0.6 is 0 Å². The molecule has 0 amide bonds. The number of carbonyl (C=O) groups excluding carboxylic acids is 1. The van der Waals surface area contributed by atoms with Gasteiger partial charge in [0.15, 0.2) is 5.83 Å². The molecule has 1 fully saturated rings. The number of halogens is 2. The van der Waals surface area contributed by atoms with Gasteiger partial charge in [0.1, 0.15) is 12.4 Å². The summed E-state index contributed by atoms with van der Waals surface area (Å²) >= 11 is 0. The molecule has 1 saturated carbocycles. The van der Waals surface area contributed by atoms with Crippen molar-refractivity contribution in [2.45, 2.75) is 71.1 Å². The third-order valence-electron chi connectivity index (χ3n) is 6.25. The zero-order chi connectivity index (χ0) is 22.8. The molecule has 1 aromatic carbocycles. The predicted molar refractivity (Wildman–Crippen MR) is 121 cm³/mol. The van der Waals surface area contributed by atoms with Crippen LogP contribution in [0.3, 0.4) is 0 Å². The monoisotopic (exact) mass is 434 g/mol. The summed E-state index contributed by atoms with van der Waals surface area (Å²) in [5.41, 5.74) is 1.17. The Bertz CT molecular complexity index is 746. The van der Waals surface area contributed by atoms with Gasteiger partial charge in [0.2, 0.25) is 0 Å². The van der Waals surface area contributed by atoms with Crippen LogP contribution in [0.15, 0.2) is 42.2 Å². The first-order chi connectivity index (χ1) is 14.9. The van der Waals surface area contributed by atoms with Crippen LogP contribution in [-0.4, -0.2) is 24.3 Å². The topological polar surface area (TPSA) is 46.5 Å². The van der Waals surface area contributed by atoms with Crippen molar-refractivity contribution < 1.29 is 23.4 Å². The van der Waals surface area contributed by atoms with Gasteiger partial charge in [-0.25, -0.2) is 13.6 Å². The molecule has 5 heteroatoms. The molecule has 0 heterocycles. The van der Waals surface area contributed by atoms with Crippen LogP contribution in [-0.2, 0) is 9.53 Å². The minimum absolute atomic E-state index is 0.00425. The normalized spacial score (nSPS) is 20.7. The van der Waals surface area contributed by atoms with E-state index < -0.39 is 23.5 Å². The maximum Gasteiger partial charge on any atom is 0.333 e. The zero-order valence-corrected chi connectivity index (χ0v) is 18.8. The minimum Gasteiger partial charge on any atom is -0.462 e. The van der Waals surface area contributed by atoms with Crippen molar-refractivity contribution in [1.82, 2.24) is 0 Å². The van der Waals surface area contributed by atoms with E-state index in [2.05, 4.69) is 13.5 Å². The molecule has 0 bridgehead atoms. The average Bonchev–Trinajstić information content (AvgIpc) is 2.79. The molecule has 31 heavy (non-hydrogen) atoms. The Morgan fingerprint density at radius 2 is 1.81 bits per heavy atom. The summed E-state index contributed by atoms with van der Waals surface area (Å²) in [6, 6.07) is 6.32. The van der Waals surface area contributed by atoms with E-state index in [1.807, 2.05) is 0 Å². The average molecular weight is 435 g/mol. The van der Waals surface area contributed by atoms with Gasteiger partial charge in [-0.05, 0) is 44.1 Å². The van der Waals surface area contributed by atoms with Gasteiger partial charge < -0.3 is 9.84 Å². The second-order valence-electron chi connectivity index (χ2n) is 8.76. The van der Waals surface area contributed by atoms with E-state index in [0.29, 0.717) is 24.3 Å². The Morgan fingerprint density at radius 3 is 2.35 bits per heavy atom. The fraction of sp³-hybridized carbons (Fsp3) is 0.577. The van der Waals surface area contributed by atoms with Crippen LogP contribution in [0.1, 0.15) is 82.3 Å². The number of unbranched alkanes of at least 4 members (excludes halogenated alkanes) is 2. The van der Waals surface area contributed by atoms with Gasteiger partial charge in [0.05, 0.1) is 6.61 Å². The SMILES string of the molecule is C=C(C)C(=O)OCC(CO)c1ccc(/C(F)=C(\F)C2CCC(CCCCC)CC2)cc1. The summed E-state index contributed by atoms with van der Waals surface area (Å²) in [5, 5.41) is 9.60.